The highest BCUT2D eigenvalue weighted by Gasteiger charge is 2.04. The molecule has 4 heteroatoms. The molecule has 0 atom stereocenters. The van der Waals surface area contributed by atoms with Gasteiger partial charge in [0.2, 0.25) is 0 Å². The molecule has 0 aliphatic rings. The van der Waals surface area contributed by atoms with Crippen molar-refractivity contribution < 1.29 is 8.91 Å². The molecule has 0 amide bonds. The molecule has 0 spiro atoms. The Labute approximate surface area is 78.9 Å². The Morgan fingerprint density at radius 1 is 1.23 bits per heavy atom. The Morgan fingerprint density at radius 2 is 1.92 bits per heavy atom. The van der Waals surface area contributed by atoms with E-state index in [-0.39, 0.29) is 0 Å². The fourth-order valence-corrected chi connectivity index (χ4v) is 1.14. The molecule has 13 heavy (non-hydrogen) atoms. The highest BCUT2D eigenvalue weighted by atomic mass is 35.5. The third-order valence-electron chi connectivity index (χ3n) is 1.62. The van der Waals surface area contributed by atoms with Gasteiger partial charge < -0.3 is 4.52 Å². The molecule has 0 fully saturated rings. The zero-order chi connectivity index (χ0) is 9.26. The first-order valence-electron chi connectivity index (χ1n) is 3.64. The predicted molar refractivity (Wildman–Crippen MR) is 46.9 cm³/mol. The average molecular weight is 198 g/mol. The first kappa shape index (κ1) is 8.26. The molecule has 2 nitrogen and oxygen atoms in total. The second-order valence-corrected chi connectivity index (χ2v) is 2.96. The van der Waals surface area contributed by atoms with Crippen molar-refractivity contribution in [3.63, 3.8) is 0 Å². The molecular weight excluding hydrogens is 193 g/mol. The van der Waals surface area contributed by atoms with Crippen LogP contribution in [0.2, 0.25) is 5.02 Å². The third kappa shape index (κ3) is 1.70. The Balaban J connectivity index is 2.41. The van der Waals surface area contributed by atoms with E-state index in [2.05, 4.69) is 9.68 Å². The molecule has 1 heterocycles. The van der Waals surface area contributed by atoms with E-state index in [1.807, 2.05) is 0 Å². The lowest BCUT2D eigenvalue weighted by Crippen LogP contribution is -1.74. The molecule has 1 aromatic heterocycles. The van der Waals surface area contributed by atoms with Gasteiger partial charge in [0.1, 0.15) is 5.69 Å². The maximum atomic E-state index is 12.4. The van der Waals surface area contributed by atoms with Crippen LogP contribution in [0.5, 0.6) is 0 Å². The highest BCUT2D eigenvalue weighted by molar-refractivity contribution is 6.30. The van der Waals surface area contributed by atoms with Gasteiger partial charge in [-0.25, -0.2) is 0 Å². The molecule has 0 radical (unpaired) electrons. The summed E-state index contributed by atoms with van der Waals surface area (Å²) in [6, 6.07) is 7.46. The summed E-state index contributed by atoms with van der Waals surface area (Å²) in [7, 11) is 0. The fraction of sp³-hybridized carbons (Fsp3) is 0. The first-order valence-corrected chi connectivity index (χ1v) is 4.01. The van der Waals surface area contributed by atoms with Crippen LogP contribution in [0.4, 0.5) is 4.39 Å². The lowest BCUT2D eigenvalue weighted by Gasteiger charge is -1.93. The SMILES string of the molecule is Fc1cc(-c2ccc(Cl)cc2)no1. The van der Waals surface area contributed by atoms with E-state index in [1.54, 1.807) is 24.3 Å². The van der Waals surface area contributed by atoms with Crippen molar-refractivity contribution in [1.82, 2.24) is 5.16 Å². The van der Waals surface area contributed by atoms with Gasteiger partial charge in [-0.2, -0.15) is 4.39 Å². The zero-order valence-electron chi connectivity index (χ0n) is 6.50. The van der Waals surface area contributed by atoms with Gasteiger partial charge in [-0.3, -0.25) is 0 Å². The zero-order valence-corrected chi connectivity index (χ0v) is 7.25. The van der Waals surface area contributed by atoms with Crippen LogP contribution >= 0.6 is 11.6 Å². The fourth-order valence-electron chi connectivity index (χ4n) is 1.01. The normalized spacial score (nSPS) is 10.3. The molecule has 2 rings (SSSR count). The standard InChI is InChI=1S/C9H5ClFNO/c10-7-3-1-6(2-4-7)8-5-9(11)13-12-8/h1-5H. The van der Waals surface area contributed by atoms with Gasteiger partial charge in [0.25, 0.3) is 0 Å². The molecule has 2 aromatic rings. The van der Waals surface area contributed by atoms with Crippen LogP contribution < -0.4 is 0 Å². The van der Waals surface area contributed by atoms with Crippen LogP contribution in [0.1, 0.15) is 0 Å². The monoisotopic (exact) mass is 197 g/mol. The molecule has 0 aliphatic heterocycles. The van der Waals surface area contributed by atoms with Gasteiger partial charge in [0.05, 0.1) is 0 Å². The van der Waals surface area contributed by atoms with Crippen molar-refractivity contribution in [2.75, 3.05) is 0 Å². The van der Waals surface area contributed by atoms with Crippen LogP contribution in [0.15, 0.2) is 34.9 Å². The molecule has 1 aromatic carbocycles. The van der Waals surface area contributed by atoms with Crippen LogP contribution in [0.25, 0.3) is 11.3 Å². The topological polar surface area (TPSA) is 26.0 Å². The smallest absolute Gasteiger partial charge is 0.306 e. The maximum Gasteiger partial charge on any atom is 0.306 e. The van der Waals surface area contributed by atoms with Gasteiger partial charge in [-0.15, -0.1) is 0 Å². The summed E-state index contributed by atoms with van der Waals surface area (Å²) in [5, 5.41) is 4.15. The van der Waals surface area contributed by atoms with E-state index < -0.39 is 6.01 Å². The van der Waals surface area contributed by atoms with Gasteiger partial charge in [-0.05, 0) is 12.1 Å². The van der Waals surface area contributed by atoms with Gasteiger partial charge >= 0.3 is 6.01 Å². The second-order valence-electron chi connectivity index (χ2n) is 2.52. The third-order valence-corrected chi connectivity index (χ3v) is 1.87. The van der Waals surface area contributed by atoms with E-state index in [1.165, 1.54) is 6.07 Å². The van der Waals surface area contributed by atoms with Crippen molar-refractivity contribution >= 4 is 11.6 Å². The van der Waals surface area contributed by atoms with Gasteiger partial charge in [-0.1, -0.05) is 28.9 Å². The Kier molecular flexibility index (Phi) is 2.02. The quantitative estimate of drug-likeness (QED) is 0.702. The molecule has 0 saturated heterocycles. The van der Waals surface area contributed by atoms with E-state index in [4.69, 9.17) is 11.6 Å². The van der Waals surface area contributed by atoms with Crippen molar-refractivity contribution in [3.05, 3.63) is 41.4 Å². The summed E-state index contributed by atoms with van der Waals surface area (Å²) < 4.78 is 16.7. The predicted octanol–water partition coefficient (Wildman–Crippen LogP) is 3.13. The van der Waals surface area contributed by atoms with E-state index >= 15 is 0 Å². The summed E-state index contributed by atoms with van der Waals surface area (Å²) >= 11 is 5.69. The Hall–Kier alpha value is -1.35. The molecule has 0 aliphatic carbocycles. The number of hydrogen-bond donors (Lipinski definition) is 0. The Bertz CT molecular complexity index is 410. The average Bonchev–Trinajstić information content (AvgIpc) is 2.53. The molecule has 0 unspecified atom stereocenters. The number of benzene rings is 1. The van der Waals surface area contributed by atoms with Gasteiger partial charge in [0.15, 0.2) is 0 Å². The van der Waals surface area contributed by atoms with Gasteiger partial charge in [0, 0.05) is 16.7 Å². The summed E-state index contributed by atoms with van der Waals surface area (Å²) in [6.07, 6.45) is 0. The first-order chi connectivity index (χ1) is 6.25. The second kappa shape index (κ2) is 3.18. The summed E-state index contributed by atoms with van der Waals surface area (Å²) in [6.45, 7) is 0. The van der Waals surface area contributed by atoms with Crippen LogP contribution in [0, 0.1) is 6.01 Å². The lowest BCUT2D eigenvalue weighted by atomic mass is 10.2. The van der Waals surface area contributed by atoms with Crippen LogP contribution in [-0.2, 0) is 0 Å². The summed E-state index contributed by atoms with van der Waals surface area (Å²) in [4.78, 5) is 0. The summed E-state index contributed by atoms with van der Waals surface area (Å²) in [5.41, 5.74) is 1.24. The van der Waals surface area contributed by atoms with Crippen LogP contribution in [0.3, 0.4) is 0 Å². The minimum absolute atomic E-state index is 0.467. The minimum atomic E-state index is -0.690. The number of aromatic nitrogens is 1. The van der Waals surface area contributed by atoms with E-state index in [9.17, 15) is 4.39 Å². The maximum absolute atomic E-state index is 12.4. The van der Waals surface area contributed by atoms with E-state index in [0.29, 0.717) is 10.7 Å². The summed E-state index contributed by atoms with van der Waals surface area (Å²) in [5.74, 6) is 0. The number of halogens is 2. The minimum Gasteiger partial charge on any atom is -0.325 e. The molecule has 0 bridgehead atoms. The molecule has 0 saturated carbocycles. The number of nitrogens with zero attached hydrogens (tertiary/aromatic N) is 1. The molecular formula is C9H5ClFNO. The van der Waals surface area contributed by atoms with Crippen molar-refractivity contribution in [2.45, 2.75) is 0 Å². The largest absolute Gasteiger partial charge is 0.325 e. The van der Waals surface area contributed by atoms with Crippen molar-refractivity contribution in [2.24, 2.45) is 0 Å². The van der Waals surface area contributed by atoms with Crippen molar-refractivity contribution in [3.8, 4) is 11.3 Å². The lowest BCUT2D eigenvalue weighted by molar-refractivity contribution is 0.283. The highest BCUT2D eigenvalue weighted by Crippen LogP contribution is 2.20. The Morgan fingerprint density at radius 3 is 2.46 bits per heavy atom. The molecule has 0 N–H and O–H groups in total. The number of hydrogen-bond acceptors (Lipinski definition) is 2. The van der Waals surface area contributed by atoms with E-state index in [0.717, 1.165) is 5.56 Å². The number of rotatable bonds is 1. The van der Waals surface area contributed by atoms with Crippen molar-refractivity contribution in [1.29, 1.82) is 0 Å². The molecule has 66 valence electrons. The van der Waals surface area contributed by atoms with Crippen LogP contribution in [-0.4, -0.2) is 5.16 Å².